The van der Waals surface area contributed by atoms with Gasteiger partial charge in [0.05, 0.1) is 11.6 Å². The van der Waals surface area contributed by atoms with Gasteiger partial charge in [-0.2, -0.15) is 13.2 Å². The van der Waals surface area contributed by atoms with Crippen molar-refractivity contribution in [2.24, 2.45) is 5.92 Å². The highest BCUT2D eigenvalue weighted by atomic mass is 19.4. The Balaban J connectivity index is 1.12. The zero-order valence-corrected chi connectivity index (χ0v) is 22.5. The lowest BCUT2D eigenvalue weighted by Gasteiger charge is -2.40. The molecule has 0 amide bonds. The van der Waals surface area contributed by atoms with Crippen molar-refractivity contribution in [2.75, 3.05) is 18.0 Å². The first-order chi connectivity index (χ1) is 20.2. The van der Waals surface area contributed by atoms with Crippen molar-refractivity contribution in [1.29, 1.82) is 0 Å². The summed E-state index contributed by atoms with van der Waals surface area (Å²) in [7, 11) is 0. The van der Waals surface area contributed by atoms with Gasteiger partial charge in [0.15, 0.2) is 11.4 Å². The van der Waals surface area contributed by atoms with E-state index in [4.69, 9.17) is 9.26 Å². The first kappa shape index (κ1) is 26.5. The van der Waals surface area contributed by atoms with E-state index in [2.05, 4.69) is 20.0 Å². The number of halogens is 3. The number of aromatic nitrogens is 3. The third kappa shape index (κ3) is 4.97. The predicted octanol–water partition coefficient (Wildman–Crippen LogP) is 6.96. The molecule has 4 aromatic rings. The number of anilines is 1. The number of carboxylic acids is 1. The minimum Gasteiger partial charge on any atom is -0.490 e. The highest BCUT2D eigenvalue weighted by Gasteiger charge is 2.38. The smallest absolute Gasteiger partial charge is 0.434 e. The molecular formula is C31H27F3N4O4. The molecule has 7 rings (SSSR count). The maximum absolute atomic E-state index is 13.7. The third-order valence-electron chi connectivity index (χ3n) is 8.16. The van der Waals surface area contributed by atoms with Crippen LogP contribution in [-0.4, -0.2) is 45.4 Å². The van der Waals surface area contributed by atoms with Crippen LogP contribution in [0.25, 0.3) is 28.2 Å². The molecule has 216 valence electrons. The Hall–Kier alpha value is -4.41. The van der Waals surface area contributed by atoms with Crippen molar-refractivity contribution in [2.45, 2.75) is 50.3 Å². The molecule has 0 spiro atoms. The normalized spacial score (nSPS) is 17.9. The fourth-order valence-corrected chi connectivity index (χ4v) is 5.46. The Bertz CT molecular complexity index is 1700. The number of benzene rings is 1. The second-order valence-corrected chi connectivity index (χ2v) is 11.2. The molecule has 3 aliphatic rings. The quantitative estimate of drug-likeness (QED) is 0.240. The molecule has 8 nitrogen and oxygen atoms in total. The van der Waals surface area contributed by atoms with E-state index in [-0.39, 0.29) is 34.9 Å². The van der Waals surface area contributed by atoms with E-state index >= 15 is 0 Å². The van der Waals surface area contributed by atoms with E-state index in [1.165, 1.54) is 18.2 Å². The minimum absolute atomic E-state index is 0.0500. The molecule has 4 heterocycles. The summed E-state index contributed by atoms with van der Waals surface area (Å²) in [4.78, 5) is 21.7. The van der Waals surface area contributed by atoms with E-state index in [1.54, 1.807) is 0 Å². The Morgan fingerprint density at radius 1 is 1.12 bits per heavy atom. The third-order valence-corrected chi connectivity index (χ3v) is 8.16. The molecule has 2 saturated carbocycles. The van der Waals surface area contributed by atoms with Gasteiger partial charge in [-0.1, -0.05) is 17.3 Å². The van der Waals surface area contributed by atoms with Crippen molar-refractivity contribution >= 4 is 28.6 Å². The topological polar surface area (TPSA) is 102 Å². The van der Waals surface area contributed by atoms with E-state index < -0.39 is 17.8 Å². The number of rotatable bonds is 8. The number of fused-ring (bicyclic) bond motifs is 1. The number of alkyl halides is 3. The van der Waals surface area contributed by atoms with Crippen LogP contribution in [0.3, 0.4) is 0 Å². The van der Waals surface area contributed by atoms with Crippen LogP contribution in [-0.2, 0) is 6.18 Å². The molecule has 0 unspecified atom stereocenters. The van der Waals surface area contributed by atoms with Gasteiger partial charge in [-0.15, -0.1) is 0 Å². The molecule has 1 N–H and O–H groups in total. The highest BCUT2D eigenvalue weighted by molar-refractivity contribution is 5.94. The predicted molar refractivity (Wildman–Crippen MR) is 148 cm³/mol. The van der Waals surface area contributed by atoms with Gasteiger partial charge in [0.2, 0.25) is 0 Å². The Morgan fingerprint density at radius 2 is 1.93 bits per heavy atom. The molecule has 42 heavy (non-hydrogen) atoms. The number of ether oxygens (including phenoxy) is 1. The van der Waals surface area contributed by atoms with Gasteiger partial charge in [0.25, 0.3) is 0 Å². The molecule has 1 aromatic carbocycles. The van der Waals surface area contributed by atoms with Gasteiger partial charge in [-0.3, -0.25) is 4.98 Å². The Kier molecular flexibility index (Phi) is 6.40. The van der Waals surface area contributed by atoms with Crippen molar-refractivity contribution < 1.29 is 32.3 Å². The average molecular weight is 577 g/mol. The lowest BCUT2D eigenvalue weighted by Crippen LogP contribution is -2.45. The van der Waals surface area contributed by atoms with Crippen molar-refractivity contribution in [1.82, 2.24) is 15.1 Å². The first-order valence-corrected chi connectivity index (χ1v) is 14.0. The number of aromatic carboxylic acids is 1. The van der Waals surface area contributed by atoms with Gasteiger partial charge in [-0.05, 0) is 62.4 Å². The van der Waals surface area contributed by atoms with Gasteiger partial charge >= 0.3 is 12.1 Å². The molecule has 1 aliphatic heterocycles. The van der Waals surface area contributed by atoms with Crippen LogP contribution < -0.4 is 9.64 Å². The molecule has 11 heteroatoms. The number of pyridine rings is 2. The number of carbonyl (C=O) groups is 1. The van der Waals surface area contributed by atoms with Crippen LogP contribution in [0, 0.1) is 5.92 Å². The largest absolute Gasteiger partial charge is 0.490 e. The second-order valence-electron chi connectivity index (χ2n) is 11.2. The van der Waals surface area contributed by atoms with Gasteiger partial charge < -0.3 is 19.3 Å². The molecule has 3 fully saturated rings. The average Bonchev–Trinajstić information content (AvgIpc) is 3.68. The Labute approximate surface area is 238 Å². The van der Waals surface area contributed by atoms with Crippen LogP contribution in [0.1, 0.15) is 65.5 Å². The summed E-state index contributed by atoms with van der Waals surface area (Å²) in [5.74, 6) is 0.387. The summed E-state index contributed by atoms with van der Waals surface area (Å²) in [5.41, 5.74) is 1.14. The number of hydrogen-bond donors (Lipinski definition) is 1. The zero-order valence-electron chi connectivity index (χ0n) is 22.5. The summed E-state index contributed by atoms with van der Waals surface area (Å²) in [6.45, 7) is 1.42. The summed E-state index contributed by atoms with van der Waals surface area (Å²) < 4.78 is 52.8. The monoisotopic (exact) mass is 576 g/mol. The van der Waals surface area contributed by atoms with E-state index in [0.717, 1.165) is 49.4 Å². The van der Waals surface area contributed by atoms with Gasteiger partial charge in [0.1, 0.15) is 17.2 Å². The van der Waals surface area contributed by atoms with E-state index in [0.29, 0.717) is 35.7 Å². The highest BCUT2D eigenvalue weighted by Crippen LogP contribution is 2.46. The SMILES string of the molecule is O=C(O)c1cc(OC2CCC2)c2cc(N3CC(C=Cc4c(-c5cccnc5C(F)(F)F)noc4C4CC4)C3)ccc2n1. The molecule has 0 atom stereocenters. The van der Waals surface area contributed by atoms with Crippen LogP contribution in [0.15, 0.2) is 53.2 Å². The van der Waals surface area contributed by atoms with Crippen LogP contribution in [0.4, 0.5) is 18.9 Å². The molecule has 0 bridgehead atoms. The lowest BCUT2D eigenvalue weighted by atomic mass is 9.95. The number of carboxylic acid groups (broad SMARTS) is 1. The molecule has 0 radical (unpaired) electrons. The maximum atomic E-state index is 13.7. The van der Waals surface area contributed by atoms with E-state index in [1.807, 2.05) is 30.4 Å². The van der Waals surface area contributed by atoms with Gasteiger partial charge in [-0.25, -0.2) is 9.78 Å². The maximum Gasteiger partial charge on any atom is 0.434 e. The standard InChI is InChI=1S/C31H27F3N4O4/c32-31(33,34)29-22(5-2-12-35-29)27-21(28(42-37-27)18-7-8-18)10-6-17-15-38(16-17)19-9-11-24-23(13-19)26(41-20-3-1-4-20)14-25(36-24)30(39)40/h2,5-6,9-14,17-18,20H,1,3-4,7-8,15-16H2,(H,39,40). The van der Waals surface area contributed by atoms with Crippen LogP contribution >= 0.6 is 0 Å². The molecule has 1 saturated heterocycles. The number of nitrogens with zero attached hydrogens (tertiary/aromatic N) is 4. The van der Waals surface area contributed by atoms with Crippen LogP contribution in [0.2, 0.25) is 0 Å². The minimum atomic E-state index is -4.61. The summed E-state index contributed by atoms with van der Waals surface area (Å²) >= 11 is 0. The summed E-state index contributed by atoms with van der Waals surface area (Å²) in [6, 6.07) is 10.0. The molecule has 3 aromatic heterocycles. The Morgan fingerprint density at radius 3 is 2.62 bits per heavy atom. The second kappa shape index (κ2) is 10.1. The van der Waals surface area contributed by atoms with Crippen molar-refractivity contribution in [3.63, 3.8) is 0 Å². The number of hydrogen-bond acceptors (Lipinski definition) is 7. The van der Waals surface area contributed by atoms with Gasteiger partial charge in [0, 0.05) is 59.4 Å². The summed E-state index contributed by atoms with van der Waals surface area (Å²) in [6.07, 6.45) is 5.28. The lowest BCUT2D eigenvalue weighted by molar-refractivity contribution is -0.140. The fraction of sp³-hybridized carbons (Fsp3) is 0.355. The van der Waals surface area contributed by atoms with Crippen molar-refractivity contribution in [3.05, 3.63) is 71.4 Å². The first-order valence-electron chi connectivity index (χ1n) is 14.0. The zero-order chi connectivity index (χ0) is 29.0. The molecular weight excluding hydrogens is 549 g/mol. The molecule has 2 aliphatic carbocycles. The van der Waals surface area contributed by atoms with E-state index in [9.17, 15) is 23.1 Å². The fourth-order valence-electron chi connectivity index (χ4n) is 5.46. The van der Waals surface area contributed by atoms with Crippen molar-refractivity contribution in [3.8, 4) is 17.0 Å². The van der Waals surface area contributed by atoms with Crippen LogP contribution in [0.5, 0.6) is 5.75 Å². The summed E-state index contributed by atoms with van der Waals surface area (Å²) in [5, 5.41) is 14.3.